The van der Waals surface area contributed by atoms with E-state index in [2.05, 4.69) is 31.7 Å². The number of nitrogens with one attached hydrogen (secondary N) is 2. The zero-order chi connectivity index (χ0) is 20.1. The highest BCUT2D eigenvalue weighted by molar-refractivity contribution is 5.98. The number of morpholine rings is 1. The molecule has 0 spiro atoms. The van der Waals surface area contributed by atoms with Crippen LogP contribution in [-0.2, 0) is 16.0 Å². The van der Waals surface area contributed by atoms with Gasteiger partial charge in [0.1, 0.15) is 11.3 Å². The van der Waals surface area contributed by atoms with Gasteiger partial charge in [-0.2, -0.15) is 0 Å². The van der Waals surface area contributed by atoms with Gasteiger partial charge in [-0.3, -0.25) is 9.69 Å². The van der Waals surface area contributed by atoms with Crippen molar-refractivity contribution in [1.29, 1.82) is 0 Å². The van der Waals surface area contributed by atoms with Crippen LogP contribution >= 0.6 is 0 Å². The molecule has 2 N–H and O–H groups in total. The Kier molecular flexibility index (Phi) is 5.83. The largest absolute Gasteiger partial charge is 0.437 e. The van der Waals surface area contributed by atoms with Crippen molar-refractivity contribution in [2.45, 2.75) is 6.42 Å². The zero-order valence-electron chi connectivity index (χ0n) is 16.1. The van der Waals surface area contributed by atoms with E-state index >= 15 is 0 Å². The Morgan fingerprint density at radius 1 is 1.38 bits per heavy atom. The first-order valence-corrected chi connectivity index (χ1v) is 9.56. The Morgan fingerprint density at radius 3 is 3.07 bits per heavy atom. The van der Waals surface area contributed by atoms with Crippen LogP contribution in [0.3, 0.4) is 0 Å². The second kappa shape index (κ2) is 8.85. The maximum Gasteiger partial charge on any atom is 0.247 e. The summed E-state index contributed by atoms with van der Waals surface area (Å²) < 4.78 is 11.3. The molecule has 29 heavy (non-hydrogen) atoms. The van der Waals surface area contributed by atoms with E-state index in [-0.39, 0.29) is 5.91 Å². The molecule has 0 unspecified atom stereocenters. The fraction of sp³-hybridized carbons (Fsp3) is 0.286. The number of amides is 1. The first-order valence-electron chi connectivity index (χ1n) is 9.56. The fourth-order valence-electron chi connectivity index (χ4n) is 3.22. The lowest BCUT2D eigenvalue weighted by Crippen LogP contribution is -2.37. The minimum Gasteiger partial charge on any atom is -0.437 e. The number of nitrogens with zero attached hydrogens (tertiary/aromatic N) is 3. The van der Waals surface area contributed by atoms with Gasteiger partial charge in [-0.15, -0.1) is 0 Å². The molecule has 0 saturated carbocycles. The Balaban J connectivity index is 1.47. The van der Waals surface area contributed by atoms with Gasteiger partial charge in [0.15, 0.2) is 5.65 Å². The monoisotopic (exact) mass is 393 g/mol. The number of carbonyl (C=O) groups is 1. The summed E-state index contributed by atoms with van der Waals surface area (Å²) in [5.74, 6) is 0.684. The number of hydrogen-bond acceptors (Lipinski definition) is 6. The third-order valence-electron chi connectivity index (χ3n) is 4.75. The van der Waals surface area contributed by atoms with Gasteiger partial charge in [0, 0.05) is 37.6 Å². The number of hydrogen-bond donors (Lipinski definition) is 2. The van der Waals surface area contributed by atoms with Crippen LogP contribution in [0.25, 0.3) is 11.2 Å². The Bertz CT molecular complexity index is 1010. The van der Waals surface area contributed by atoms with E-state index in [1.54, 1.807) is 30.5 Å². The number of aromatic amines is 1. The van der Waals surface area contributed by atoms with Gasteiger partial charge in [-0.05, 0) is 30.2 Å². The summed E-state index contributed by atoms with van der Waals surface area (Å²) in [5.41, 5.74) is 3.28. The van der Waals surface area contributed by atoms with Crippen LogP contribution in [-0.4, -0.2) is 58.6 Å². The Morgan fingerprint density at radius 2 is 2.24 bits per heavy atom. The van der Waals surface area contributed by atoms with Crippen molar-refractivity contribution in [3.8, 4) is 11.6 Å². The number of anilines is 1. The SMILES string of the molecule is C=CC(=O)Nc1cccc(Oc2cnc3[nH]cc(CCN4CCOCC4)c3n2)c1. The second-order valence-corrected chi connectivity index (χ2v) is 6.75. The molecule has 0 radical (unpaired) electrons. The van der Waals surface area contributed by atoms with Gasteiger partial charge in [-0.25, -0.2) is 9.97 Å². The molecule has 4 rings (SSSR count). The summed E-state index contributed by atoms with van der Waals surface area (Å²) >= 11 is 0. The molecule has 8 nitrogen and oxygen atoms in total. The third kappa shape index (κ3) is 4.79. The van der Waals surface area contributed by atoms with Crippen molar-refractivity contribution in [1.82, 2.24) is 19.9 Å². The van der Waals surface area contributed by atoms with Crippen LogP contribution in [0.4, 0.5) is 5.69 Å². The molecule has 3 heterocycles. The predicted molar refractivity (Wildman–Crippen MR) is 110 cm³/mol. The molecule has 0 bridgehead atoms. The van der Waals surface area contributed by atoms with Crippen molar-refractivity contribution >= 4 is 22.8 Å². The van der Waals surface area contributed by atoms with Crippen LogP contribution in [0, 0.1) is 0 Å². The minimum atomic E-state index is -0.277. The van der Waals surface area contributed by atoms with Gasteiger partial charge in [-0.1, -0.05) is 12.6 Å². The standard InChI is InChI=1S/C21H23N5O3/c1-2-18(27)24-16-4-3-5-17(12-16)29-19-14-23-21-20(25-19)15(13-22-21)6-7-26-8-10-28-11-9-26/h2-5,12-14H,1,6-11H2,(H,22,23)(H,24,27). The molecule has 1 aromatic carbocycles. The van der Waals surface area contributed by atoms with E-state index < -0.39 is 0 Å². The molecule has 150 valence electrons. The lowest BCUT2D eigenvalue weighted by molar-refractivity contribution is -0.111. The maximum atomic E-state index is 11.5. The molecule has 2 aromatic heterocycles. The van der Waals surface area contributed by atoms with Gasteiger partial charge in [0.2, 0.25) is 11.8 Å². The van der Waals surface area contributed by atoms with Gasteiger partial charge >= 0.3 is 0 Å². The van der Waals surface area contributed by atoms with Crippen molar-refractivity contribution in [3.63, 3.8) is 0 Å². The van der Waals surface area contributed by atoms with E-state index in [1.807, 2.05) is 6.20 Å². The molecular weight excluding hydrogens is 370 g/mol. The van der Waals surface area contributed by atoms with Crippen LogP contribution in [0.5, 0.6) is 11.6 Å². The fourth-order valence-corrected chi connectivity index (χ4v) is 3.22. The maximum absolute atomic E-state index is 11.5. The average Bonchev–Trinajstić information content (AvgIpc) is 3.15. The molecule has 1 aliphatic heterocycles. The van der Waals surface area contributed by atoms with Gasteiger partial charge < -0.3 is 19.8 Å². The number of fused-ring (bicyclic) bond motifs is 1. The Hall–Kier alpha value is -3.23. The molecule has 3 aromatic rings. The molecule has 0 aliphatic carbocycles. The van der Waals surface area contributed by atoms with Crippen molar-refractivity contribution < 1.29 is 14.3 Å². The molecular formula is C21H23N5O3. The number of carbonyl (C=O) groups excluding carboxylic acids is 1. The van der Waals surface area contributed by atoms with E-state index in [9.17, 15) is 4.79 Å². The van der Waals surface area contributed by atoms with Crippen molar-refractivity contribution in [2.75, 3.05) is 38.2 Å². The summed E-state index contributed by atoms with van der Waals surface area (Å²) in [5, 5.41) is 2.71. The lowest BCUT2D eigenvalue weighted by Gasteiger charge is -2.26. The average molecular weight is 393 g/mol. The van der Waals surface area contributed by atoms with Gasteiger partial charge in [0.05, 0.1) is 19.4 Å². The molecule has 1 fully saturated rings. The molecule has 1 saturated heterocycles. The lowest BCUT2D eigenvalue weighted by atomic mass is 10.2. The normalized spacial score (nSPS) is 14.6. The second-order valence-electron chi connectivity index (χ2n) is 6.75. The van der Waals surface area contributed by atoms with Crippen molar-refractivity contribution in [2.24, 2.45) is 0 Å². The Labute approximate surface area is 168 Å². The van der Waals surface area contributed by atoms with E-state index in [0.717, 1.165) is 56.0 Å². The first kappa shape index (κ1) is 19.1. The number of aromatic nitrogens is 3. The zero-order valence-corrected chi connectivity index (χ0v) is 16.1. The summed E-state index contributed by atoms with van der Waals surface area (Å²) in [6, 6.07) is 7.10. The van der Waals surface area contributed by atoms with Crippen LogP contribution in [0.15, 0.2) is 49.3 Å². The molecule has 1 amide bonds. The minimum absolute atomic E-state index is 0.277. The quantitative estimate of drug-likeness (QED) is 0.600. The first-order chi connectivity index (χ1) is 14.2. The van der Waals surface area contributed by atoms with E-state index in [4.69, 9.17) is 9.47 Å². The topological polar surface area (TPSA) is 92.4 Å². The van der Waals surface area contributed by atoms with E-state index in [1.165, 1.54) is 6.08 Å². The van der Waals surface area contributed by atoms with Crippen molar-refractivity contribution in [3.05, 3.63) is 54.9 Å². The highest BCUT2D eigenvalue weighted by atomic mass is 16.5. The van der Waals surface area contributed by atoms with Crippen LogP contribution in [0.2, 0.25) is 0 Å². The van der Waals surface area contributed by atoms with Crippen LogP contribution < -0.4 is 10.1 Å². The molecule has 1 aliphatic rings. The number of rotatable bonds is 7. The number of ether oxygens (including phenoxy) is 2. The summed E-state index contributed by atoms with van der Waals surface area (Å²) in [7, 11) is 0. The van der Waals surface area contributed by atoms with E-state index in [0.29, 0.717) is 17.3 Å². The predicted octanol–water partition coefficient (Wildman–Crippen LogP) is 2.75. The molecule has 0 atom stereocenters. The summed E-state index contributed by atoms with van der Waals surface area (Å²) in [6.45, 7) is 7.90. The summed E-state index contributed by atoms with van der Waals surface area (Å²) in [6.07, 6.45) is 5.64. The highest BCUT2D eigenvalue weighted by Gasteiger charge is 2.13. The number of benzene rings is 1. The number of H-pyrrole nitrogens is 1. The highest BCUT2D eigenvalue weighted by Crippen LogP contribution is 2.25. The van der Waals surface area contributed by atoms with Crippen LogP contribution in [0.1, 0.15) is 5.56 Å². The van der Waals surface area contributed by atoms with Gasteiger partial charge in [0.25, 0.3) is 0 Å². The third-order valence-corrected chi connectivity index (χ3v) is 4.75. The smallest absolute Gasteiger partial charge is 0.247 e. The molecule has 8 heteroatoms. The summed E-state index contributed by atoms with van der Waals surface area (Å²) in [4.78, 5) is 26.1.